The maximum absolute atomic E-state index is 5.86. The fourth-order valence-electron chi connectivity index (χ4n) is 3.20. The molecule has 2 unspecified atom stereocenters. The molecule has 2 atom stereocenters. The molecule has 1 saturated heterocycles. The highest BCUT2D eigenvalue weighted by Crippen LogP contribution is 2.46. The van der Waals surface area contributed by atoms with Crippen LogP contribution in [0.3, 0.4) is 0 Å². The van der Waals surface area contributed by atoms with Crippen molar-refractivity contribution in [2.24, 2.45) is 17.3 Å². The molecular formula is C15H26N6. The first-order chi connectivity index (χ1) is 9.87. The molecule has 6 nitrogen and oxygen atoms in total. The number of hydrogen-bond donors (Lipinski definition) is 3. The molecular weight excluding hydrogens is 264 g/mol. The Hall–Kier alpha value is -1.56. The second-order valence-corrected chi connectivity index (χ2v) is 7.43. The molecule has 2 fully saturated rings. The number of hydrogen-bond acceptors (Lipinski definition) is 6. The Balaban J connectivity index is 1.68. The van der Waals surface area contributed by atoms with E-state index in [2.05, 4.69) is 46.3 Å². The standard InChI is InChI=1S/C15H26N6/c1-15(2,3)8-18-11-5-12(20-14(16)19-11)21-6-9-10(7-21)13(9)17-4/h5,9-10,13,17H,6-8H2,1-4H3,(H3,16,18,19,20). The normalized spacial score (nSPS) is 27.6. The minimum atomic E-state index is 0.204. The van der Waals surface area contributed by atoms with Gasteiger partial charge in [0.1, 0.15) is 11.6 Å². The Morgan fingerprint density at radius 1 is 1.29 bits per heavy atom. The Kier molecular flexibility index (Phi) is 3.43. The van der Waals surface area contributed by atoms with Crippen LogP contribution >= 0.6 is 0 Å². The molecule has 1 aromatic heterocycles. The number of nitrogens with two attached hydrogens (primary N) is 1. The highest BCUT2D eigenvalue weighted by atomic mass is 15.3. The first-order valence-electron chi connectivity index (χ1n) is 7.68. The van der Waals surface area contributed by atoms with E-state index in [9.17, 15) is 0 Å². The molecule has 0 radical (unpaired) electrons. The summed E-state index contributed by atoms with van der Waals surface area (Å²) in [6.45, 7) is 9.55. The summed E-state index contributed by atoms with van der Waals surface area (Å²) in [5.74, 6) is 3.63. The average molecular weight is 290 g/mol. The van der Waals surface area contributed by atoms with Crippen LogP contribution in [0.5, 0.6) is 0 Å². The number of nitrogens with one attached hydrogen (secondary N) is 2. The highest BCUT2D eigenvalue weighted by molar-refractivity contribution is 5.54. The highest BCUT2D eigenvalue weighted by Gasteiger charge is 2.55. The van der Waals surface area contributed by atoms with E-state index in [-0.39, 0.29) is 5.41 Å². The van der Waals surface area contributed by atoms with Crippen molar-refractivity contribution >= 4 is 17.6 Å². The molecule has 1 aromatic rings. The van der Waals surface area contributed by atoms with Gasteiger partial charge in [-0.15, -0.1) is 0 Å². The maximum atomic E-state index is 5.86. The number of nitrogen functional groups attached to an aromatic ring is 1. The topological polar surface area (TPSA) is 79.1 Å². The lowest BCUT2D eigenvalue weighted by Gasteiger charge is -2.23. The van der Waals surface area contributed by atoms with Gasteiger partial charge in [-0.1, -0.05) is 20.8 Å². The average Bonchev–Trinajstić information content (AvgIpc) is 2.86. The monoisotopic (exact) mass is 290 g/mol. The zero-order valence-electron chi connectivity index (χ0n) is 13.3. The van der Waals surface area contributed by atoms with Crippen molar-refractivity contribution in [1.82, 2.24) is 15.3 Å². The number of rotatable bonds is 4. The zero-order chi connectivity index (χ0) is 15.2. The van der Waals surface area contributed by atoms with Crippen LogP contribution in [0, 0.1) is 17.3 Å². The van der Waals surface area contributed by atoms with Gasteiger partial charge >= 0.3 is 0 Å². The fourth-order valence-corrected chi connectivity index (χ4v) is 3.20. The van der Waals surface area contributed by atoms with Gasteiger partial charge in [0.2, 0.25) is 5.95 Å². The molecule has 0 amide bonds. The quantitative estimate of drug-likeness (QED) is 0.772. The van der Waals surface area contributed by atoms with Crippen LogP contribution < -0.4 is 21.3 Å². The van der Waals surface area contributed by atoms with Crippen LogP contribution in [0.2, 0.25) is 0 Å². The third-order valence-electron chi connectivity index (χ3n) is 4.38. The molecule has 2 aliphatic rings. The van der Waals surface area contributed by atoms with Crippen LogP contribution in [-0.4, -0.2) is 42.7 Å². The molecule has 3 rings (SSSR count). The molecule has 21 heavy (non-hydrogen) atoms. The van der Waals surface area contributed by atoms with Gasteiger partial charge in [-0.25, -0.2) is 0 Å². The van der Waals surface area contributed by atoms with Crippen molar-refractivity contribution in [3.8, 4) is 0 Å². The molecule has 1 aliphatic carbocycles. The Bertz CT molecular complexity index is 511. The van der Waals surface area contributed by atoms with Crippen molar-refractivity contribution in [2.75, 3.05) is 42.6 Å². The van der Waals surface area contributed by atoms with Gasteiger partial charge in [0.15, 0.2) is 0 Å². The molecule has 2 heterocycles. The molecule has 116 valence electrons. The third-order valence-corrected chi connectivity index (χ3v) is 4.38. The first kappa shape index (κ1) is 14.4. The predicted molar refractivity (Wildman–Crippen MR) is 86.4 cm³/mol. The smallest absolute Gasteiger partial charge is 0.223 e. The summed E-state index contributed by atoms with van der Waals surface area (Å²) in [5, 5.41) is 6.74. The molecule has 6 heteroatoms. The van der Waals surface area contributed by atoms with Gasteiger partial charge < -0.3 is 21.3 Å². The van der Waals surface area contributed by atoms with Crippen molar-refractivity contribution < 1.29 is 0 Å². The fraction of sp³-hybridized carbons (Fsp3) is 0.733. The van der Waals surface area contributed by atoms with Crippen LogP contribution in [0.25, 0.3) is 0 Å². The number of nitrogens with zero attached hydrogens (tertiary/aromatic N) is 3. The summed E-state index contributed by atoms with van der Waals surface area (Å²) >= 11 is 0. The lowest BCUT2D eigenvalue weighted by Crippen LogP contribution is -2.30. The SMILES string of the molecule is CNC1C2CN(c3cc(NCC(C)(C)C)nc(N)n3)CC21. The van der Waals surface area contributed by atoms with E-state index in [1.165, 1.54) is 0 Å². The summed E-state index contributed by atoms with van der Waals surface area (Å²) in [5.41, 5.74) is 6.07. The Morgan fingerprint density at radius 3 is 2.52 bits per heavy atom. The minimum Gasteiger partial charge on any atom is -0.369 e. The van der Waals surface area contributed by atoms with E-state index in [0.717, 1.165) is 43.1 Å². The van der Waals surface area contributed by atoms with Gasteiger partial charge in [-0.05, 0) is 24.3 Å². The molecule has 0 bridgehead atoms. The van der Waals surface area contributed by atoms with E-state index >= 15 is 0 Å². The zero-order valence-corrected chi connectivity index (χ0v) is 13.3. The van der Waals surface area contributed by atoms with Crippen molar-refractivity contribution in [1.29, 1.82) is 0 Å². The van der Waals surface area contributed by atoms with E-state index in [1.54, 1.807) is 0 Å². The number of piperidine rings is 1. The lowest BCUT2D eigenvalue weighted by molar-refractivity contribution is 0.442. The summed E-state index contributed by atoms with van der Waals surface area (Å²) < 4.78 is 0. The van der Waals surface area contributed by atoms with Gasteiger partial charge in [0.25, 0.3) is 0 Å². The van der Waals surface area contributed by atoms with Gasteiger partial charge in [-0.3, -0.25) is 0 Å². The summed E-state index contributed by atoms with van der Waals surface area (Å²) in [6, 6.07) is 2.71. The second-order valence-electron chi connectivity index (χ2n) is 7.43. The van der Waals surface area contributed by atoms with Gasteiger partial charge in [0, 0.05) is 31.7 Å². The Morgan fingerprint density at radius 2 is 1.95 bits per heavy atom. The summed E-state index contributed by atoms with van der Waals surface area (Å²) in [6.07, 6.45) is 0. The largest absolute Gasteiger partial charge is 0.369 e. The second kappa shape index (κ2) is 5.02. The van der Waals surface area contributed by atoms with Crippen molar-refractivity contribution in [2.45, 2.75) is 26.8 Å². The van der Waals surface area contributed by atoms with Crippen molar-refractivity contribution in [3.63, 3.8) is 0 Å². The van der Waals surface area contributed by atoms with Crippen molar-refractivity contribution in [3.05, 3.63) is 6.07 Å². The summed E-state index contributed by atoms with van der Waals surface area (Å²) in [7, 11) is 2.05. The van der Waals surface area contributed by atoms with E-state index in [0.29, 0.717) is 12.0 Å². The number of fused-ring (bicyclic) bond motifs is 1. The maximum Gasteiger partial charge on any atom is 0.223 e. The van der Waals surface area contributed by atoms with Crippen LogP contribution in [-0.2, 0) is 0 Å². The molecule has 4 N–H and O–H groups in total. The van der Waals surface area contributed by atoms with Crippen LogP contribution in [0.4, 0.5) is 17.6 Å². The first-order valence-corrected chi connectivity index (χ1v) is 7.68. The molecule has 0 aromatic carbocycles. The molecule has 1 aliphatic heterocycles. The predicted octanol–water partition coefficient (Wildman–Crippen LogP) is 1.17. The van der Waals surface area contributed by atoms with E-state index in [1.807, 2.05) is 13.1 Å². The van der Waals surface area contributed by atoms with Crippen LogP contribution in [0.15, 0.2) is 6.07 Å². The van der Waals surface area contributed by atoms with E-state index in [4.69, 9.17) is 5.73 Å². The third kappa shape index (κ3) is 3.05. The number of aromatic nitrogens is 2. The lowest BCUT2D eigenvalue weighted by atomic mass is 9.97. The van der Waals surface area contributed by atoms with Gasteiger partial charge in [0.05, 0.1) is 0 Å². The minimum absolute atomic E-state index is 0.204. The number of anilines is 3. The Labute approximate surface area is 126 Å². The summed E-state index contributed by atoms with van der Waals surface area (Å²) in [4.78, 5) is 11.0. The molecule has 1 saturated carbocycles. The van der Waals surface area contributed by atoms with Gasteiger partial charge in [-0.2, -0.15) is 9.97 Å². The van der Waals surface area contributed by atoms with Crippen LogP contribution in [0.1, 0.15) is 20.8 Å². The van der Waals surface area contributed by atoms with E-state index < -0.39 is 0 Å². The molecule has 0 spiro atoms.